The summed E-state index contributed by atoms with van der Waals surface area (Å²) < 4.78 is 56.1. The van der Waals surface area contributed by atoms with E-state index in [1.807, 2.05) is 0 Å². The Morgan fingerprint density at radius 3 is 2.48 bits per heavy atom. The van der Waals surface area contributed by atoms with Crippen molar-refractivity contribution in [1.82, 2.24) is 14.6 Å². The number of benzene rings is 1. The minimum Gasteiger partial charge on any atom is -0.367 e. The number of fused-ring (bicyclic) bond motifs is 1. The molecule has 108 valence electrons. The lowest BCUT2D eigenvalue weighted by molar-refractivity contribution is 0.536. The number of hydrogen-bond donors (Lipinski definition) is 1. The molecule has 0 saturated heterocycles. The molecule has 0 amide bonds. The van der Waals surface area contributed by atoms with Crippen LogP contribution in [-0.4, -0.2) is 14.6 Å². The highest BCUT2D eigenvalue weighted by molar-refractivity contribution is 5.69. The van der Waals surface area contributed by atoms with Gasteiger partial charge in [-0.2, -0.15) is 0 Å². The van der Waals surface area contributed by atoms with Crippen molar-refractivity contribution in [3.05, 3.63) is 47.2 Å². The first-order valence-electron chi connectivity index (χ1n) is 5.84. The van der Waals surface area contributed by atoms with Crippen LogP contribution in [0, 0.1) is 30.2 Å². The number of rotatable bonds is 1. The van der Waals surface area contributed by atoms with Gasteiger partial charge < -0.3 is 5.73 Å². The number of hydrogen-bond acceptors (Lipinski definition) is 3. The Morgan fingerprint density at radius 2 is 1.76 bits per heavy atom. The van der Waals surface area contributed by atoms with Gasteiger partial charge in [0, 0.05) is 17.7 Å². The first-order chi connectivity index (χ1) is 9.90. The van der Waals surface area contributed by atoms with Crippen molar-refractivity contribution in [2.75, 3.05) is 5.73 Å². The standard InChI is InChI=1S/C13H8F4N4/c1-5-6(14)2-8(16)11(12(5)17)9-3-7(15)10-4-19-13(18)20-21(9)10/h2-4H,1H3,(H2,18,20). The molecule has 0 aliphatic heterocycles. The lowest BCUT2D eigenvalue weighted by Crippen LogP contribution is -2.04. The van der Waals surface area contributed by atoms with E-state index in [2.05, 4.69) is 10.1 Å². The summed E-state index contributed by atoms with van der Waals surface area (Å²) in [4.78, 5) is 3.61. The van der Waals surface area contributed by atoms with Gasteiger partial charge in [-0.25, -0.2) is 27.1 Å². The lowest BCUT2D eigenvalue weighted by Gasteiger charge is -2.08. The normalized spacial score (nSPS) is 11.3. The molecule has 0 saturated carbocycles. The minimum atomic E-state index is -1.16. The van der Waals surface area contributed by atoms with E-state index in [0.717, 1.165) is 23.7 Å². The van der Waals surface area contributed by atoms with Crippen molar-refractivity contribution in [2.45, 2.75) is 6.92 Å². The number of aromatic nitrogens is 3. The first kappa shape index (κ1) is 13.3. The van der Waals surface area contributed by atoms with Gasteiger partial charge in [0.05, 0.1) is 17.5 Å². The molecule has 4 nitrogen and oxygen atoms in total. The van der Waals surface area contributed by atoms with Crippen LogP contribution in [0.25, 0.3) is 16.8 Å². The molecule has 2 aromatic heterocycles. The van der Waals surface area contributed by atoms with Crippen LogP contribution in [0.1, 0.15) is 5.56 Å². The second-order valence-electron chi connectivity index (χ2n) is 4.45. The first-order valence-corrected chi connectivity index (χ1v) is 5.84. The summed E-state index contributed by atoms with van der Waals surface area (Å²) in [6.07, 6.45) is 1.09. The number of nitrogens with two attached hydrogens (primary N) is 1. The summed E-state index contributed by atoms with van der Waals surface area (Å²) in [7, 11) is 0. The van der Waals surface area contributed by atoms with E-state index in [-0.39, 0.29) is 22.7 Å². The molecule has 2 N–H and O–H groups in total. The summed E-state index contributed by atoms with van der Waals surface area (Å²) in [5, 5.41) is 3.72. The molecule has 0 aliphatic rings. The smallest absolute Gasteiger partial charge is 0.238 e. The van der Waals surface area contributed by atoms with Crippen LogP contribution >= 0.6 is 0 Å². The zero-order valence-electron chi connectivity index (χ0n) is 10.7. The Hall–Kier alpha value is -2.64. The third-order valence-electron chi connectivity index (χ3n) is 3.14. The van der Waals surface area contributed by atoms with E-state index in [4.69, 9.17) is 5.73 Å². The maximum Gasteiger partial charge on any atom is 0.238 e. The molecule has 3 aromatic rings. The molecule has 21 heavy (non-hydrogen) atoms. The highest BCUT2D eigenvalue weighted by Crippen LogP contribution is 2.31. The summed E-state index contributed by atoms with van der Waals surface area (Å²) in [5.41, 5.74) is 4.14. The fourth-order valence-electron chi connectivity index (χ4n) is 2.07. The Morgan fingerprint density at radius 1 is 1.05 bits per heavy atom. The minimum absolute atomic E-state index is 0.0972. The average Bonchev–Trinajstić information content (AvgIpc) is 2.73. The Kier molecular flexibility index (Phi) is 2.82. The van der Waals surface area contributed by atoms with E-state index in [1.165, 1.54) is 0 Å². The third kappa shape index (κ3) is 1.91. The summed E-state index contributed by atoms with van der Waals surface area (Å²) >= 11 is 0. The Bertz CT molecular complexity index is 872. The van der Waals surface area contributed by atoms with Gasteiger partial charge in [-0.05, 0) is 6.92 Å². The molecule has 0 unspecified atom stereocenters. The van der Waals surface area contributed by atoms with Crippen LogP contribution in [0.4, 0.5) is 23.5 Å². The monoisotopic (exact) mass is 296 g/mol. The highest BCUT2D eigenvalue weighted by Gasteiger charge is 2.22. The molecule has 3 rings (SSSR count). The molecule has 0 atom stereocenters. The molecule has 0 radical (unpaired) electrons. The molecular weight excluding hydrogens is 288 g/mol. The van der Waals surface area contributed by atoms with Crippen LogP contribution in [-0.2, 0) is 0 Å². The summed E-state index contributed by atoms with van der Waals surface area (Å²) in [6, 6.07) is 1.43. The van der Waals surface area contributed by atoms with Gasteiger partial charge in [-0.15, -0.1) is 5.10 Å². The van der Waals surface area contributed by atoms with Crippen LogP contribution in [0.2, 0.25) is 0 Å². The molecule has 1 aromatic carbocycles. The van der Waals surface area contributed by atoms with E-state index in [0.29, 0.717) is 6.07 Å². The van der Waals surface area contributed by atoms with Gasteiger partial charge in [0.1, 0.15) is 23.0 Å². The highest BCUT2D eigenvalue weighted by atomic mass is 19.1. The van der Waals surface area contributed by atoms with E-state index < -0.39 is 28.8 Å². The van der Waals surface area contributed by atoms with Crippen molar-refractivity contribution < 1.29 is 17.6 Å². The predicted molar refractivity (Wildman–Crippen MR) is 67.4 cm³/mol. The van der Waals surface area contributed by atoms with Gasteiger partial charge in [-0.3, -0.25) is 0 Å². The van der Waals surface area contributed by atoms with Crippen molar-refractivity contribution in [3.8, 4) is 11.3 Å². The number of nitrogen functional groups attached to an aromatic ring is 1. The second-order valence-corrected chi connectivity index (χ2v) is 4.45. The molecule has 0 fully saturated rings. The second kappa shape index (κ2) is 4.44. The summed E-state index contributed by atoms with van der Waals surface area (Å²) in [6.45, 7) is 1.16. The molecule has 0 spiro atoms. The van der Waals surface area contributed by atoms with Gasteiger partial charge in [0.25, 0.3) is 0 Å². The zero-order chi connectivity index (χ0) is 15.3. The van der Waals surface area contributed by atoms with Crippen molar-refractivity contribution in [3.63, 3.8) is 0 Å². The van der Waals surface area contributed by atoms with E-state index in [9.17, 15) is 17.6 Å². The number of nitrogens with zero attached hydrogens (tertiary/aromatic N) is 3. The van der Waals surface area contributed by atoms with E-state index >= 15 is 0 Å². The van der Waals surface area contributed by atoms with Crippen LogP contribution in [0.3, 0.4) is 0 Å². The maximum atomic E-state index is 14.2. The number of anilines is 1. The van der Waals surface area contributed by atoms with Crippen LogP contribution in [0.15, 0.2) is 18.3 Å². The largest absolute Gasteiger partial charge is 0.367 e. The van der Waals surface area contributed by atoms with Crippen molar-refractivity contribution >= 4 is 11.5 Å². The predicted octanol–water partition coefficient (Wildman–Crippen LogP) is 2.84. The van der Waals surface area contributed by atoms with Gasteiger partial charge in [0.2, 0.25) is 5.95 Å². The lowest BCUT2D eigenvalue weighted by atomic mass is 10.1. The SMILES string of the molecule is Cc1c(F)cc(F)c(-c2cc(F)c3cnc(N)nn23)c1F. The Labute approximate surface area is 115 Å². The zero-order valence-corrected chi connectivity index (χ0v) is 10.7. The molecule has 0 aliphatic carbocycles. The Balaban J connectivity index is 2.41. The van der Waals surface area contributed by atoms with Crippen LogP contribution < -0.4 is 5.73 Å². The maximum absolute atomic E-state index is 14.2. The molecular formula is C13H8F4N4. The quantitative estimate of drug-likeness (QED) is 0.702. The van der Waals surface area contributed by atoms with Crippen molar-refractivity contribution in [1.29, 1.82) is 0 Å². The number of halogens is 4. The molecule has 2 heterocycles. The van der Waals surface area contributed by atoms with E-state index in [1.54, 1.807) is 0 Å². The van der Waals surface area contributed by atoms with Gasteiger partial charge >= 0.3 is 0 Å². The fraction of sp³-hybridized carbons (Fsp3) is 0.0769. The topological polar surface area (TPSA) is 56.2 Å². The van der Waals surface area contributed by atoms with Crippen LogP contribution in [0.5, 0.6) is 0 Å². The van der Waals surface area contributed by atoms with Gasteiger partial charge in [-0.1, -0.05) is 0 Å². The third-order valence-corrected chi connectivity index (χ3v) is 3.14. The average molecular weight is 296 g/mol. The van der Waals surface area contributed by atoms with Gasteiger partial charge in [0.15, 0.2) is 5.82 Å². The summed E-state index contributed by atoms with van der Waals surface area (Å²) in [5.74, 6) is -4.27. The molecule has 0 bridgehead atoms. The fourth-order valence-corrected chi connectivity index (χ4v) is 2.07. The molecule has 8 heteroatoms. The van der Waals surface area contributed by atoms with Crippen molar-refractivity contribution in [2.24, 2.45) is 0 Å².